The summed E-state index contributed by atoms with van der Waals surface area (Å²) in [6, 6.07) is 17.2. The van der Waals surface area contributed by atoms with Crippen LogP contribution in [0, 0.1) is 10.1 Å². The summed E-state index contributed by atoms with van der Waals surface area (Å²) in [5.41, 5.74) is 3.15. The van der Waals surface area contributed by atoms with Crippen molar-refractivity contribution in [3.05, 3.63) is 92.5 Å². The number of fused-ring (bicyclic) bond motifs is 1. The van der Waals surface area contributed by atoms with E-state index in [4.69, 9.17) is 16.3 Å². The molecule has 1 N–H and O–H groups in total. The molecule has 32 heavy (non-hydrogen) atoms. The number of hydrogen-bond acceptors (Lipinski definition) is 4. The lowest BCUT2D eigenvalue weighted by Crippen LogP contribution is -2.10. The van der Waals surface area contributed by atoms with Crippen molar-refractivity contribution in [2.24, 2.45) is 0 Å². The average molecular weight is 449 g/mol. The number of amides is 1. The second kappa shape index (κ2) is 8.13. The van der Waals surface area contributed by atoms with Crippen LogP contribution in [0.1, 0.15) is 37.5 Å². The predicted octanol–water partition coefficient (Wildman–Crippen LogP) is 6.83. The van der Waals surface area contributed by atoms with Crippen LogP contribution in [0.3, 0.4) is 0 Å². The van der Waals surface area contributed by atoms with Gasteiger partial charge in [-0.3, -0.25) is 14.9 Å². The first-order valence-corrected chi connectivity index (χ1v) is 10.4. The van der Waals surface area contributed by atoms with Crippen molar-refractivity contribution in [1.82, 2.24) is 0 Å². The van der Waals surface area contributed by atoms with E-state index in [1.165, 1.54) is 12.1 Å². The number of benzene rings is 3. The maximum absolute atomic E-state index is 12.4. The molecule has 0 saturated heterocycles. The summed E-state index contributed by atoms with van der Waals surface area (Å²) in [4.78, 5) is 23.6. The number of nitro groups is 1. The van der Waals surface area contributed by atoms with Crippen LogP contribution in [-0.4, -0.2) is 10.8 Å². The van der Waals surface area contributed by atoms with Crippen molar-refractivity contribution >= 4 is 40.5 Å². The molecule has 1 aliphatic rings. The Bertz CT molecular complexity index is 1260. The molecule has 0 atom stereocenters. The van der Waals surface area contributed by atoms with Crippen molar-refractivity contribution in [3.63, 3.8) is 0 Å². The molecule has 3 aromatic carbocycles. The molecule has 6 nitrogen and oxygen atoms in total. The van der Waals surface area contributed by atoms with E-state index in [-0.39, 0.29) is 22.8 Å². The summed E-state index contributed by atoms with van der Waals surface area (Å²) in [6.07, 6.45) is 1.60. The largest absolute Gasteiger partial charge is 0.450 e. The molecule has 0 aliphatic carbocycles. The van der Waals surface area contributed by atoms with Gasteiger partial charge >= 0.3 is 5.69 Å². The van der Waals surface area contributed by atoms with E-state index in [1.54, 1.807) is 42.5 Å². The van der Waals surface area contributed by atoms with Gasteiger partial charge in [0.05, 0.1) is 4.92 Å². The fourth-order valence-corrected chi connectivity index (χ4v) is 3.65. The van der Waals surface area contributed by atoms with Crippen LogP contribution >= 0.6 is 11.6 Å². The minimum atomic E-state index is -0.500. The highest BCUT2D eigenvalue weighted by Crippen LogP contribution is 2.37. The molecule has 1 heterocycles. The number of halogens is 1. The Hall–Kier alpha value is -3.64. The highest BCUT2D eigenvalue weighted by atomic mass is 35.5. The normalized spacial score (nSPS) is 14.2. The number of carbonyl (C=O) groups is 1. The zero-order valence-electron chi connectivity index (χ0n) is 17.8. The number of nitro benzene ring substituents is 1. The van der Waals surface area contributed by atoms with Crippen molar-refractivity contribution in [2.75, 3.05) is 5.32 Å². The number of anilines is 1. The third-order valence-electron chi connectivity index (χ3n) is 5.20. The van der Waals surface area contributed by atoms with Gasteiger partial charge in [0, 0.05) is 27.9 Å². The first-order valence-electron chi connectivity index (χ1n) is 10.0. The van der Waals surface area contributed by atoms with E-state index >= 15 is 0 Å². The molecule has 0 bridgehead atoms. The van der Waals surface area contributed by atoms with E-state index in [9.17, 15) is 14.9 Å². The molecule has 7 heteroatoms. The number of hydrogen-bond donors (Lipinski definition) is 1. The Kier molecular flexibility index (Phi) is 5.48. The summed E-state index contributed by atoms with van der Waals surface area (Å²) >= 11 is 6.07. The minimum absolute atomic E-state index is 0.00491. The molecule has 4 rings (SSSR count). The third kappa shape index (κ3) is 4.36. The molecular formula is C25H21ClN2O4. The van der Waals surface area contributed by atoms with Gasteiger partial charge in [-0.05, 0) is 59.0 Å². The highest BCUT2D eigenvalue weighted by Gasteiger charge is 2.25. The minimum Gasteiger partial charge on any atom is -0.450 e. The Labute approximate surface area is 190 Å². The summed E-state index contributed by atoms with van der Waals surface area (Å²) in [7, 11) is 0. The molecule has 0 unspecified atom stereocenters. The van der Waals surface area contributed by atoms with Crippen molar-refractivity contribution in [3.8, 4) is 11.5 Å². The fourth-order valence-electron chi connectivity index (χ4n) is 3.47. The lowest BCUT2D eigenvalue weighted by molar-refractivity contribution is -0.385. The van der Waals surface area contributed by atoms with Crippen LogP contribution in [0.5, 0.6) is 11.5 Å². The molecule has 0 fully saturated rings. The molecule has 162 valence electrons. The van der Waals surface area contributed by atoms with Crippen LogP contribution in [0.25, 0.3) is 11.6 Å². The van der Waals surface area contributed by atoms with E-state index < -0.39 is 4.92 Å². The summed E-state index contributed by atoms with van der Waals surface area (Å²) in [5, 5.41) is 15.0. The zero-order valence-corrected chi connectivity index (χ0v) is 18.6. The second-order valence-electron chi connectivity index (χ2n) is 8.56. The molecule has 0 radical (unpaired) electrons. The molecule has 1 aliphatic heterocycles. The van der Waals surface area contributed by atoms with Crippen molar-refractivity contribution < 1.29 is 14.5 Å². The van der Waals surface area contributed by atoms with Gasteiger partial charge in [0.25, 0.3) is 5.91 Å². The van der Waals surface area contributed by atoms with Crippen molar-refractivity contribution in [1.29, 1.82) is 0 Å². The van der Waals surface area contributed by atoms with E-state index in [1.807, 2.05) is 12.1 Å². The summed E-state index contributed by atoms with van der Waals surface area (Å²) < 4.78 is 5.80. The molecule has 0 saturated carbocycles. The number of carbonyl (C=O) groups excluding carboxylic acids is 1. The lowest BCUT2D eigenvalue weighted by Gasteiger charge is -2.19. The number of nitrogens with one attached hydrogen (secondary N) is 1. The summed E-state index contributed by atoms with van der Waals surface area (Å²) in [5.74, 6) is 0.343. The van der Waals surface area contributed by atoms with E-state index in [0.717, 1.165) is 5.56 Å². The maximum atomic E-state index is 12.4. The average Bonchev–Trinajstić information content (AvgIpc) is 3.03. The number of rotatable bonds is 4. The van der Waals surface area contributed by atoms with Gasteiger partial charge in [-0.2, -0.15) is 0 Å². The molecular weight excluding hydrogens is 428 g/mol. The van der Waals surface area contributed by atoms with Crippen LogP contribution < -0.4 is 10.1 Å². The Morgan fingerprint density at radius 1 is 1.03 bits per heavy atom. The Balaban J connectivity index is 1.66. The van der Waals surface area contributed by atoms with E-state index in [0.29, 0.717) is 33.2 Å². The van der Waals surface area contributed by atoms with Gasteiger partial charge < -0.3 is 10.1 Å². The predicted molar refractivity (Wildman–Crippen MR) is 126 cm³/mol. The second-order valence-corrected chi connectivity index (χ2v) is 9.00. The van der Waals surface area contributed by atoms with E-state index in [2.05, 4.69) is 26.1 Å². The summed E-state index contributed by atoms with van der Waals surface area (Å²) in [6.45, 7) is 6.33. The van der Waals surface area contributed by atoms with Gasteiger partial charge in [0.2, 0.25) is 5.75 Å². The quantitative estimate of drug-likeness (QED) is 0.269. The van der Waals surface area contributed by atoms with Crippen LogP contribution in [-0.2, 0) is 10.2 Å². The van der Waals surface area contributed by atoms with Crippen LogP contribution in [0.4, 0.5) is 11.4 Å². The molecule has 3 aromatic rings. The van der Waals surface area contributed by atoms with Gasteiger partial charge in [-0.25, -0.2) is 0 Å². The smallest absolute Gasteiger partial charge is 0.312 e. The third-order valence-corrected chi connectivity index (χ3v) is 5.44. The number of nitrogens with zero attached hydrogens (tertiary/aromatic N) is 1. The van der Waals surface area contributed by atoms with Gasteiger partial charge in [0.15, 0.2) is 0 Å². The van der Waals surface area contributed by atoms with Crippen molar-refractivity contribution in [2.45, 2.75) is 26.2 Å². The van der Waals surface area contributed by atoms with Crippen LogP contribution in [0.15, 0.2) is 60.7 Å². The lowest BCUT2D eigenvalue weighted by atomic mass is 9.87. The van der Waals surface area contributed by atoms with Gasteiger partial charge in [-0.1, -0.05) is 50.6 Å². The Morgan fingerprint density at radius 3 is 2.41 bits per heavy atom. The molecule has 0 spiro atoms. The topological polar surface area (TPSA) is 81.5 Å². The first-order chi connectivity index (χ1) is 15.1. The zero-order chi connectivity index (χ0) is 23.0. The van der Waals surface area contributed by atoms with Crippen LogP contribution in [0.2, 0.25) is 5.02 Å². The highest BCUT2D eigenvalue weighted by molar-refractivity contribution is 6.36. The monoisotopic (exact) mass is 448 g/mol. The molecule has 1 amide bonds. The Morgan fingerprint density at radius 2 is 1.75 bits per heavy atom. The van der Waals surface area contributed by atoms with Gasteiger partial charge in [0.1, 0.15) is 5.75 Å². The molecule has 0 aromatic heterocycles. The maximum Gasteiger partial charge on any atom is 0.312 e. The fraction of sp³-hybridized carbons (Fsp3) is 0.160. The van der Waals surface area contributed by atoms with Gasteiger partial charge in [-0.15, -0.1) is 0 Å². The SMILES string of the molecule is CC(C)(C)c1ccc(Oc2ccc(/C=C3/C(=O)Nc4ccc(Cl)cc43)cc2[N+](=O)[O-])cc1. The standard InChI is InChI=1S/C25H21ClN2O4/c1-25(2,3)16-5-8-18(9-6-16)32-23-11-4-15(13-22(23)28(30)31)12-20-19-14-17(26)7-10-21(19)27-24(20)29/h4-14H,1-3H3,(H,27,29)/b20-12+. The number of ether oxygens (including phenoxy) is 1. The first kappa shape index (κ1) is 21.6.